The minimum atomic E-state index is -0.681. The van der Waals surface area contributed by atoms with Crippen molar-refractivity contribution in [1.82, 2.24) is 4.90 Å². The van der Waals surface area contributed by atoms with E-state index in [1.165, 1.54) is 0 Å². The minimum Gasteiger partial charge on any atom is -0.389 e. The number of aliphatic hydroxyl groups is 1. The lowest BCUT2D eigenvalue weighted by Crippen LogP contribution is -2.60. The number of morpholine rings is 1. The second kappa shape index (κ2) is 5.17. The first-order valence-corrected chi connectivity index (χ1v) is 7.11. The molecule has 2 atom stereocenters. The molecule has 4 heteroatoms. The average molecular weight is 272 g/mol. The van der Waals surface area contributed by atoms with Crippen LogP contribution in [-0.4, -0.2) is 48.0 Å². The number of likely N-dealkylation sites (N-methyl/N-ethyl adjacent to an activating group) is 1. The first-order chi connectivity index (χ1) is 9.59. The topological polar surface area (TPSA) is 56.5 Å². The van der Waals surface area contributed by atoms with Crippen LogP contribution in [0.4, 0.5) is 0 Å². The van der Waals surface area contributed by atoms with E-state index in [9.17, 15) is 5.11 Å². The third kappa shape index (κ3) is 2.57. The Morgan fingerprint density at radius 2 is 2.10 bits per heavy atom. The first-order valence-electron chi connectivity index (χ1n) is 7.11. The number of ether oxygens (including phenoxy) is 1. The SMILES string of the molecule is CN1C2COCC1CC(O)(Cc1cccc(C#N)c1)C2. The van der Waals surface area contributed by atoms with Crippen molar-refractivity contribution in [2.75, 3.05) is 20.3 Å². The van der Waals surface area contributed by atoms with Gasteiger partial charge in [0, 0.05) is 18.5 Å². The molecule has 106 valence electrons. The van der Waals surface area contributed by atoms with Crippen LogP contribution in [0.2, 0.25) is 0 Å². The second-order valence-electron chi connectivity index (χ2n) is 6.13. The molecular formula is C16H20N2O2. The molecule has 1 N–H and O–H groups in total. The van der Waals surface area contributed by atoms with Gasteiger partial charge in [-0.3, -0.25) is 4.90 Å². The summed E-state index contributed by atoms with van der Waals surface area (Å²) in [7, 11) is 2.12. The van der Waals surface area contributed by atoms with Gasteiger partial charge in [-0.15, -0.1) is 0 Å². The predicted molar refractivity (Wildman–Crippen MR) is 75.2 cm³/mol. The van der Waals surface area contributed by atoms with Crippen LogP contribution in [0.25, 0.3) is 0 Å². The summed E-state index contributed by atoms with van der Waals surface area (Å²) in [6.45, 7) is 1.40. The highest BCUT2D eigenvalue weighted by atomic mass is 16.5. The zero-order valence-electron chi connectivity index (χ0n) is 11.7. The highest BCUT2D eigenvalue weighted by molar-refractivity contribution is 5.33. The van der Waals surface area contributed by atoms with Crippen LogP contribution >= 0.6 is 0 Å². The number of benzene rings is 1. The molecule has 20 heavy (non-hydrogen) atoms. The van der Waals surface area contributed by atoms with E-state index in [0.29, 0.717) is 37.3 Å². The number of nitrogens with zero attached hydrogens (tertiary/aromatic N) is 2. The summed E-state index contributed by atoms with van der Waals surface area (Å²) in [6.07, 6.45) is 2.08. The minimum absolute atomic E-state index is 0.298. The van der Waals surface area contributed by atoms with Gasteiger partial charge in [-0.05, 0) is 37.6 Å². The first kappa shape index (κ1) is 13.6. The van der Waals surface area contributed by atoms with Crippen LogP contribution in [0.1, 0.15) is 24.0 Å². The molecule has 0 aliphatic carbocycles. The van der Waals surface area contributed by atoms with Crippen molar-refractivity contribution in [3.05, 3.63) is 35.4 Å². The Hall–Kier alpha value is -1.41. The van der Waals surface area contributed by atoms with Crippen molar-refractivity contribution >= 4 is 0 Å². The molecule has 2 unspecified atom stereocenters. The van der Waals surface area contributed by atoms with E-state index in [0.717, 1.165) is 18.4 Å². The summed E-state index contributed by atoms with van der Waals surface area (Å²) in [4.78, 5) is 2.34. The number of fused-ring (bicyclic) bond motifs is 2. The average Bonchev–Trinajstić information content (AvgIpc) is 2.41. The Morgan fingerprint density at radius 3 is 2.75 bits per heavy atom. The van der Waals surface area contributed by atoms with Crippen LogP contribution in [-0.2, 0) is 11.2 Å². The summed E-state index contributed by atoms with van der Waals surface area (Å²) in [5.74, 6) is 0. The van der Waals surface area contributed by atoms with Gasteiger partial charge in [-0.25, -0.2) is 0 Å². The summed E-state index contributed by atoms with van der Waals surface area (Å²) in [5, 5.41) is 19.9. The third-order valence-corrected chi connectivity index (χ3v) is 4.59. The van der Waals surface area contributed by atoms with Gasteiger partial charge in [0.05, 0.1) is 30.4 Å². The van der Waals surface area contributed by atoms with Gasteiger partial charge >= 0.3 is 0 Å². The third-order valence-electron chi connectivity index (χ3n) is 4.59. The molecule has 2 bridgehead atoms. The largest absolute Gasteiger partial charge is 0.389 e. The van der Waals surface area contributed by atoms with Crippen LogP contribution in [0.5, 0.6) is 0 Å². The Labute approximate surface area is 119 Å². The quantitative estimate of drug-likeness (QED) is 0.882. The number of piperidine rings is 1. The monoisotopic (exact) mass is 272 g/mol. The van der Waals surface area contributed by atoms with Gasteiger partial charge in [0.2, 0.25) is 0 Å². The van der Waals surface area contributed by atoms with Crippen molar-refractivity contribution in [1.29, 1.82) is 5.26 Å². The van der Waals surface area contributed by atoms with Gasteiger partial charge in [0.1, 0.15) is 0 Å². The van der Waals surface area contributed by atoms with E-state index in [4.69, 9.17) is 10.00 Å². The van der Waals surface area contributed by atoms with Gasteiger partial charge in [0.15, 0.2) is 0 Å². The molecule has 0 spiro atoms. The van der Waals surface area contributed by atoms with Crippen LogP contribution in [0, 0.1) is 11.3 Å². The van der Waals surface area contributed by atoms with E-state index in [-0.39, 0.29) is 0 Å². The molecule has 0 amide bonds. The summed E-state index contributed by atoms with van der Waals surface area (Å²) < 4.78 is 5.59. The van der Waals surface area contributed by atoms with E-state index in [1.807, 2.05) is 18.2 Å². The smallest absolute Gasteiger partial charge is 0.0991 e. The molecule has 2 fully saturated rings. The lowest BCUT2D eigenvalue weighted by molar-refractivity contribution is -0.133. The van der Waals surface area contributed by atoms with E-state index < -0.39 is 5.60 Å². The van der Waals surface area contributed by atoms with Crippen LogP contribution in [0.15, 0.2) is 24.3 Å². The highest BCUT2D eigenvalue weighted by Gasteiger charge is 2.44. The van der Waals surface area contributed by atoms with Gasteiger partial charge in [-0.2, -0.15) is 5.26 Å². The number of rotatable bonds is 2. The fraction of sp³-hybridized carbons (Fsp3) is 0.562. The van der Waals surface area contributed by atoms with Crippen molar-refractivity contribution in [2.24, 2.45) is 0 Å². The Bertz CT molecular complexity index is 524. The van der Waals surface area contributed by atoms with Crippen LogP contribution < -0.4 is 0 Å². The van der Waals surface area contributed by atoms with Crippen molar-refractivity contribution in [2.45, 2.75) is 36.9 Å². The fourth-order valence-electron chi connectivity index (χ4n) is 3.51. The predicted octanol–water partition coefficient (Wildman–Crippen LogP) is 1.32. The number of nitriles is 1. The Kier molecular flexibility index (Phi) is 3.51. The molecule has 1 aromatic carbocycles. The molecule has 0 aromatic heterocycles. The Balaban J connectivity index is 1.78. The van der Waals surface area contributed by atoms with E-state index in [1.54, 1.807) is 6.07 Å². The van der Waals surface area contributed by atoms with E-state index >= 15 is 0 Å². The van der Waals surface area contributed by atoms with Crippen molar-refractivity contribution in [3.63, 3.8) is 0 Å². The summed E-state index contributed by atoms with van der Waals surface area (Å²) in [6, 6.07) is 10.3. The zero-order valence-corrected chi connectivity index (χ0v) is 11.7. The molecule has 2 aliphatic rings. The number of hydrogen-bond donors (Lipinski definition) is 1. The molecule has 2 heterocycles. The standard InChI is InChI=1S/C16H20N2O2/c1-18-14-7-16(19,8-15(18)11-20-10-14)6-12-3-2-4-13(5-12)9-17/h2-5,14-15,19H,6-8,10-11H2,1H3. The van der Waals surface area contributed by atoms with Gasteiger partial charge in [-0.1, -0.05) is 12.1 Å². The molecule has 4 nitrogen and oxygen atoms in total. The zero-order chi connectivity index (χ0) is 14.2. The van der Waals surface area contributed by atoms with Crippen molar-refractivity contribution < 1.29 is 9.84 Å². The molecule has 0 radical (unpaired) electrons. The second-order valence-corrected chi connectivity index (χ2v) is 6.13. The van der Waals surface area contributed by atoms with Crippen LogP contribution in [0.3, 0.4) is 0 Å². The molecule has 1 aromatic rings. The molecule has 2 saturated heterocycles. The normalized spacial score (nSPS) is 33.6. The maximum atomic E-state index is 10.9. The lowest BCUT2D eigenvalue weighted by atomic mass is 9.78. The Morgan fingerprint density at radius 1 is 1.40 bits per heavy atom. The highest BCUT2D eigenvalue weighted by Crippen LogP contribution is 2.35. The fourth-order valence-corrected chi connectivity index (χ4v) is 3.51. The molecule has 0 saturated carbocycles. The maximum absolute atomic E-state index is 10.9. The summed E-state index contributed by atoms with van der Waals surface area (Å²) in [5.41, 5.74) is 1.01. The molecule has 3 rings (SSSR count). The van der Waals surface area contributed by atoms with Crippen molar-refractivity contribution in [3.8, 4) is 6.07 Å². The molecule has 2 aliphatic heterocycles. The van der Waals surface area contributed by atoms with Gasteiger partial charge in [0.25, 0.3) is 0 Å². The van der Waals surface area contributed by atoms with Gasteiger partial charge < -0.3 is 9.84 Å². The maximum Gasteiger partial charge on any atom is 0.0991 e. The molecular weight excluding hydrogens is 252 g/mol. The lowest BCUT2D eigenvalue weighted by Gasteiger charge is -2.50. The summed E-state index contributed by atoms with van der Waals surface area (Å²) >= 11 is 0. The number of hydrogen-bond acceptors (Lipinski definition) is 4. The van der Waals surface area contributed by atoms with E-state index in [2.05, 4.69) is 18.0 Å².